The number of benzene rings is 1. The number of hydrogen-bond donors (Lipinski definition) is 1. The maximum atomic E-state index is 12.4. The van der Waals surface area contributed by atoms with E-state index in [1.54, 1.807) is 29.2 Å². The first-order valence-electron chi connectivity index (χ1n) is 6.30. The fourth-order valence-electron chi connectivity index (χ4n) is 2.44. The molecular formula is C13H18N2O3S. The number of nitrogen functional groups attached to an aromatic ring is 1. The van der Waals surface area contributed by atoms with Crippen molar-refractivity contribution >= 4 is 21.4 Å². The molecule has 1 heterocycles. The minimum absolute atomic E-state index is 0.0549. The van der Waals surface area contributed by atoms with Gasteiger partial charge in [-0.05, 0) is 25.5 Å². The van der Waals surface area contributed by atoms with Gasteiger partial charge >= 0.3 is 0 Å². The Morgan fingerprint density at radius 3 is 2.63 bits per heavy atom. The van der Waals surface area contributed by atoms with E-state index in [0.717, 1.165) is 0 Å². The summed E-state index contributed by atoms with van der Waals surface area (Å²) in [6.07, 6.45) is 0.509. The van der Waals surface area contributed by atoms with Gasteiger partial charge in [0.2, 0.25) is 0 Å². The second-order valence-electron chi connectivity index (χ2n) is 4.74. The number of rotatable bonds is 3. The second kappa shape index (κ2) is 5.21. The molecule has 6 heteroatoms. The molecule has 19 heavy (non-hydrogen) atoms. The third kappa shape index (κ3) is 2.89. The molecule has 1 aromatic rings. The highest BCUT2D eigenvalue weighted by atomic mass is 32.2. The molecular weight excluding hydrogens is 264 g/mol. The van der Waals surface area contributed by atoms with E-state index in [1.807, 2.05) is 6.92 Å². The summed E-state index contributed by atoms with van der Waals surface area (Å²) in [5.41, 5.74) is 6.66. The molecule has 0 saturated carbocycles. The van der Waals surface area contributed by atoms with Crippen molar-refractivity contribution in [2.75, 3.05) is 23.8 Å². The number of carbonyl (C=O) groups excluding carboxylic acids is 1. The molecule has 1 unspecified atom stereocenters. The molecule has 1 amide bonds. The lowest BCUT2D eigenvalue weighted by molar-refractivity contribution is 0.0709. The van der Waals surface area contributed by atoms with Crippen molar-refractivity contribution in [3.8, 4) is 0 Å². The average Bonchev–Trinajstić information content (AvgIpc) is 2.71. The third-order valence-corrected chi connectivity index (χ3v) is 5.19. The summed E-state index contributed by atoms with van der Waals surface area (Å²) in [5.74, 6) is 0.0214. The van der Waals surface area contributed by atoms with E-state index in [9.17, 15) is 13.2 Å². The normalized spacial score (nSPS) is 21.2. The van der Waals surface area contributed by atoms with Gasteiger partial charge in [0, 0.05) is 18.3 Å². The predicted octanol–water partition coefficient (Wildman–Crippen LogP) is 0.918. The first-order chi connectivity index (χ1) is 8.94. The van der Waals surface area contributed by atoms with Gasteiger partial charge < -0.3 is 10.6 Å². The van der Waals surface area contributed by atoms with E-state index < -0.39 is 9.84 Å². The molecule has 1 fully saturated rings. The van der Waals surface area contributed by atoms with E-state index in [2.05, 4.69) is 0 Å². The van der Waals surface area contributed by atoms with Crippen molar-refractivity contribution in [3.05, 3.63) is 29.8 Å². The van der Waals surface area contributed by atoms with Crippen LogP contribution in [0.4, 0.5) is 5.69 Å². The monoisotopic (exact) mass is 282 g/mol. The summed E-state index contributed by atoms with van der Waals surface area (Å²) in [5, 5.41) is 0. The standard InChI is InChI=1S/C13H18N2O3S/c1-2-15(10-7-8-19(17,18)9-10)13(16)11-5-3-4-6-12(11)14/h3-6,10H,2,7-9,14H2,1H3. The topological polar surface area (TPSA) is 80.5 Å². The Hall–Kier alpha value is -1.56. The first-order valence-corrected chi connectivity index (χ1v) is 8.12. The van der Waals surface area contributed by atoms with Gasteiger partial charge in [0.25, 0.3) is 5.91 Å². The number of nitrogens with zero attached hydrogens (tertiary/aromatic N) is 1. The van der Waals surface area contributed by atoms with Crippen LogP contribution in [0.5, 0.6) is 0 Å². The summed E-state index contributed by atoms with van der Waals surface area (Å²) in [6.45, 7) is 2.33. The van der Waals surface area contributed by atoms with Crippen LogP contribution in [0.3, 0.4) is 0 Å². The molecule has 0 spiro atoms. The molecule has 0 radical (unpaired) electrons. The van der Waals surface area contributed by atoms with Crippen molar-refractivity contribution < 1.29 is 13.2 Å². The number of carbonyl (C=O) groups is 1. The van der Waals surface area contributed by atoms with Gasteiger partial charge in [0.1, 0.15) is 0 Å². The zero-order valence-corrected chi connectivity index (χ0v) is 11.7. The minimum Gasteiger partial charge on any atom is -0.398 e. The number of para-hydroxylation sites is 1. The maximum Gasteiger partial charge on any atom is 0.256 e. The summed E-state index contributed by atoms with van der Waals surface area (Å²) >= 11 is 0. The van der Waals surface area contributed by atoms with Crippen LogP contribution >= 0.6 is 0 Å². The first kappa shape index (κ1) is 13.9. The van der Waals surface area contributed by atoms with Crippen LogP contribution in [0.15, 0.2) is 24.3 Å². The van der Waals surface area contributed by atoms with Crippen LogP contribution in [0.1, 0.15) is 23.7 Å². The van der Waals surface area contributed by atoms with E-state index in [0.29, 0.717) is 24.2 Å². The van der Waals surface area contributed by atoms with E-state index in [4.69, 9.17) is 5.73 Å². The van der Waals surface area contributed by atoms with Crippen LogP contribution in [0.2, 0.25) is 0 Å². The Morgan fingerprint density at radius 2 is 2.11 bits per heavy atom. The Morgan fingerprint density at radius 1 is 1.42 bits per heavy atom. The summed E-state index contributed by atoms with van der Waals surface area (Å²) in [4.78, 5) is 14.1. The molecule has 0 aromatic heterocycles. The van der Waals surface area contributed by atoms with Crippen LogP contribution in [0.25, 0.3) is 0 Å². The number of hydrogen-bond acceptors (Lipinski definition) is 4. The van der Waals surface area contributed by atoms with Crippen molar-refractivity contribution in [1.29, 1.82) is 0 Å². The van der Waals surface area contributed by atoms with Crippen molar-refractivity contribution in [2.45, 2.75) is 19.4 Å². The Labute approximate surface area is 113 Å². The summed E-state index contributed by atoms with van der Waals surface area (Å²) < 4.78 is 23.0. The third-order valence-electron chi connectivity index (χ3n) is 3.44. The number of anilines is 1. The molecule has 1 aromatic carbocycles. The predicted molar refractivity (Wildman–Crippen MR) is 74.6 cm³/mol. The summed E-state index contributed by atoms with van der Waals surface area (Å²) in [7, 11) is -3.00. The molecule has 1 aliphatic rings. The van der Waals surface area contributed by atoms with Crippen molar-refractivity contribution in [2.24, 2.45) is 0 Å². The van der Waals surface area contributed by atoms with Gasteiger partial charge in [-0.15, -0.1) is 0 Å². The molecule has 1 saturated heterocycles. The molecule has 2 N–H and O–H groups in total. The molecule has 0 bridgehead atoms. The van der Waals surface area contributed by atoms with Crippen molar-refractivity contribution in [3.63, 3.8) is 0 Å². The quantitative estimate of drug-likeness (QED) is 0.836. The van der Waals surface area contributed by atoms with Crippen LogP contribution in [-0.2, 0) is 9.84 Å². The SMILES string of the molecule is CCN(C(=O)c1ccccc1N)C1CCS(=O)(=O)C1. The lowest BCUT2D eigenvalue weighted by atomic mass is 10.1. The Kier molecular flexibility index (Phi) is 3.80. The summed E-state index contributed by atoms with van der Waals surface area (Å²) in [6, 6.07) is 6.63. The van der Waals surface area contributed by atoms with Gasteiger partial charge in [0.15, 0.2) is 9.84 Å². The largest absolute Gasteiger partial charge is 0.398 e. The van der Waals surface area contributed by atoms with Crippen LogP contribution < -0.4 is 5.73 Å². The van der Waals surface area contributed by atoms with E-state index in [1.165, 1.54) is 0 Å². The molecule has 0 aliphatic carbocycles. The van der Waals surface area contributed by atoms with Gasteiger partial charge in [-0.1, -0.05) is 12.1 Å². The molecule has 104 valence electrons. The zero-order chi connectivity index (χ0) is 14.0. The van der Waals surface area contributed by atoms with E-state index >= 15 is 0 Å². The van der Waals surface area contributed by atoms with Gasteiger partial charge in [-0.2, -0.15) is 0 Å². The number of amides is 1. The second-order valence-corrected chi connectivity index (χ2v) is 6.96. The number of nitrogens with two attached hydrogens (primary N) is 1. The highest BCUT2D eigenvalue weighted by Gasteiger charge is 2.34. The lowest BCUT2D eigenvalue weighted by Gasteiger charge is -2.27. The Balaban J connectivity index is 2.24. The average molecular weight is 282 g/mol. The van der Waals surface area contributed by atoms with Crippen LogP contribution in [-0.4, -0.2) is 43.3 Å². The fraction of sp³-hybridized carbons (Fsp3) is 0.462. The fourth-order valence-corrected chi connectivity index (χ4v) is 4.17. The van der Waals surface area contributed by atoms with Gasteiger partial charge in [-0.3, -0.25) is 4.79 Å². The molecule has 1 aliphatic heterocycles. The molecule has 5 nitrogen and oxygen atoms in total. The highest BCUT2D eigenvalue weighted by Crippen LogP contribution is 2.21. The van der Waals surface area contributed by atoms with E-state index in [-0.39, 0.29) is 23.5 Å². The minimum atomic E-state index is -3.00. The maximum absolute atomic E-state index is 12.4. The molecule has 1 atom stereocenters. The van der Waals surface area contributed by atoms with Crippen molar-refractivity contribution in [1.82, 2.24) is 4.90 Å². The van der Waals surface area contributed by atoms with Gasteiger partial charge in [-0.25, -0.2) is 8.42 Å². The highest BCUT2D eigenvalue weighted by molar-refractivity contribution is 7.91. The smallest absolute Gasteiger partial charge is 0.256 e. The van der Waals surface area contributed by atoms with Crippen LogP contribution in [0, 0.1) is 0 Å². The number of sulfone groups is 1. The Bertz CT molecular complexity index is 583. The molecule has 2 rings (SSSR count). The zero-order valence-electron chi connectivity index (χ0n) is 10.9. The lowest BCUT2D eigenvalue weighted by Crippen LogP contribution is -2.41. The van der Waals surface area contributed by atoms with Gasteiger partial charge in [0.05, 0.1) is 17.1 Å².